The van der Waals surface area contributed by atoms with Gasteiger partial charge in [0.1, 0.15) is 5.69 Å². The molecule has 0 aliphatic rings. The largest absolute Gasteiger partial charge is 0.493 e. The minimum atomic E-state index is -4.06. The van der Waals surface area contributed by atoms with Crippen molar-refractivity contribution in [3.8, 4) is 17.2 Å². The highest BCUT2D eigenvalue weighted by Gasteiger charge is 2.21. The molecule has 0 saturated carbocycles. The third-order valence-corrected chi connectivity index (χ3v) is 6.65. The van der Waals surface area contributed by atoms with Crippen molar-refractivity contribution < 1.29 is 27.8 Å². The number of nitrogens with one attached hydrogen (secondary N) is 2. The van der Waals surface area contributed by atoms with Crippen molar-refractivity contribution in [2.45, 2.75) is 11.3 Å². The minimum Gasteiger partial charge on any atom is -0.493 e. The molecule has 3 N–H and O–H groups in total. The zero-order valence-electron chi connectivity index (χ0n) is 18.2. The number of aromatic nitrogens is 1. The summed E-state index contributed by atoms with van der Waals surface area (Å²) in [6, 6.07) is 16.1. The zero-order chi connectivity index (χ0) is 25.2. The predicted octanol–water partition coefficient (Wildman–Crippen LogP) is 4.41. The molecule has 0 aliphatic heterocycles. The van der Waals surface area contributed by atoms with Crippen molar-refractivity contribution in [2.75, 3.05) is 11.8 Å². The standard InChI is InChI=1S/C24H19ClN2O7S/c1-33-21-12-14(13-23(29)30)2-9-19(21)34-20-10-8-18-17(7-11-22(28)26-18)24(20)27-35(31,32)16-5-3-15(25)4-6-16/h2-12,27H,13H2,1H3,(H,26,28)(H,29,30). The van der Waals surface area contributed by atoms with Crippen LogP contribution in [0.1, 0.15) is 5.56 Å². The Labute approximate surface area is 205 Å². The fourth-order valence-corrected chi connectivity index (χ4v) is 4.63. The number of carboxylic acids is 1. The van der Waals surface area contributed by atoms with Crippen LogP contribution in [-0.2, 0) is 21.2 Å². The van der Waals surface area contributed by atoms with Gasteiger partial charge in [-0.3, -0.25) is 14.3 Å². The minimum absolute atomic E-state index is 0.0233. The van der Waals surface area contributed by atoms with Gasteiger partial charge in [0.15, 0.2) is 17.2 Å². The number of sulfonamides is 1. The van der Waals surface area contributed by atoms with Crippen LogP contribution in [0.2, 0.25) is 5.02 Å². The van der Waals surface area contributed by atoms with E-state index in [0.717, 1.165) is 0 Å². The first kappa shape index (κ1) is 24.1. The fraction of sp³-hybridized carbons (Fsp3) is 0.0833. The molecule has 0 bridgehead atoms. The van der Waals surface area contributed by atoms with Crippen molar-refractivity contribution in [1.82, 2.24) is 4.98 Å². The molecule has 1 heterocycles. The van der Waals surface area contributed by atoms with Crippen LogP contribution < -0.4 is 19.8 Å². The summed E-state index contributed by atoms with van der Waals surface area (Å²) in [5.41, 5.74) is 0.627. The second kappa shape index (κ2) is 9.69. The maximum atomic E-state index is 13.1. The molecule has 0 amide bonds. The molecule has 4 rings (SSSR count). The normalized spacial score (nSPS) is 11.3. The Balaban J connectivity index is 1.81. The van der Waals surface area contributed by atoms with Crippen LogP contribution in [0.4, 0.5) is 5.69 Å². The first-order chi connectivity index (χ1) is 16.7. The average molecular weight is 515 g/mol. The topological polar surface area (TPSA) is 135 Å². The molecule has 4 aromatic rings. The highest BCUT2D eigenvalue weighted by molar-refractivity contribution is 7.92. The van der Waals surface area contributed by atoms with Gasteiger partial charge in [-0.15, -0.1) is 0 Å². The van der Waals surface area contributed by atoms with E-state index in [2.05, 4.69) is 9.71 Å². The number of halogens is 1. The van der Waals surface area contributed by atoms with Crippen molar-refractivity contribution in [3.63, 3.8) is 0 Å². The molecule has 0 atom stereocenters. The summed E-state index contributed by atoms with van der Waals surface area (Å²) in [7, 11) is -2.65. The van der Waals surface area contributed by atoms with Gasteiger partial charge in [0.2, 0.25) is 5.56 Å². The van der Waals surface area contributed by atoms with Gasteiger partial charge in [0.05, 0.1) is 23.9 Å². The van der Waals surface area contributed by atoms with E-state index in [4.69, 9.17) is 26.2 Å². The molecule has 1 aromatic heterocycles. The summed E-state index contributed by atoms with van der Waals surface area (Å²) in [4.78, 5) is 25.5. The molecule has 0 fully saturated rings. The van der Waals surface area contributed by atoms with Gasteiger partial charge in [0.25, 0.3) is 10.0 Å². The number of ether oxygens (including phenoxy) is 2. The van der Waals surface area contributed by atoms with Crippen LogP contribution >= 0.6 is 11.6 Å². The highest BCUT2D eigenvalue weighted by Crippen LogP contribution is 2.40. The van der Waals surface area contributed by atoms with E-state index in [-0.39, 0.29) is 39.8 Å². The van der Waals surface area contributed by atoms with Crippen molar-refractivity contribution in [3.05, 3.63) is 87.7 Å². The Kier molecular flexibility index (Phi) is 6.68. The number of H-pyrrole nitrogens is 1. The highest BCUT2D eigenvalue weighted by atomic mass is 35.5. The van der Waals surface area contributed by atoms with E-state index in [1.807, 2.05) is 0 Å². The van der Waals surface area contributed by atoms with Gasteiger partial charge in [-0.05, 0) is 60.2 Å². The number of methoxy groups -OCH3 is 1. The zero-order valence-corrected chi connectivity index (χ0v) is 19.8. The lowest BCUT2D eigenvalue weighted by Gasteiger charge is -2.17. The van der Waals surface area contributed by atoms with E-state index in [0.29, 0.717) is 21.5 Å². The van der Waals surface area contributed by atoms with Gasteiger partial charge in [-0.2, -0.15) is 0 Å². The number of rotatable bonds is 8. The lowest BCUT2D eigenvalue weighted by molar-refractivity contribution is -0.136. The summed E-state index contributed by atoms with van der Waals surface area (Å²) in [5.74, 6) is -0.372. The van der Waals surface area contributed by atoms with Crippen LogP contribution in [0.3, 0.4) is 0 Å². The number of anilines is 1. The quantitative estimate of drug-likeness (QED) is 0.317. The first-order valence-electron chi connectivity index (χ1n) is 10.2. The number of carbonyl (C=O) groups is 1. The summed E-state index contributed by atoms with van der Waals surface area (Å²) in [6.45, 7) is 0. The van der Waals surface area contributed by atoms with Crippen molar-refractivity contribution in [2.24, 2.45) is 0 Å². The number of aromatic amines is 1. The fourth-order valence-electron chi connectivity index (χ4n) is 3.41. The van der Waals surface area contributed by atoms with Crippen LogP contribution in [0.25, 0.3) is 10.9 Å². The van der Waals surface area contributed by atoms with Crippen LogP contribution in [0, 0.1) is 0 Å². The average Bonchev–Trinajstić information content (AvgIpc) is 2.81. The molecule has 0 radical (unpaired) electrons. The number of fused-ring (bicyclic) bond motifs is 1. The van der Waals surface area contributed by atoms with E-state index < -0.39 is 16.0 Å². The van der Waals surface area contributed by atoms with E-state index in [1.165, 1.54) is 61.7 Å². The second-order valence-electron chi connectivity index (χ2n) is 7.44. The Morgan fingerprint density at radius 2 is 1.71 bits per heavy atom. The first-order valence-corrected chi connectivity index (χ1v) is 12.0. The molecule has 0 saturated heterocycles. The molecule has 35 heavy (non-hydrogen) atoms. The van der Waals surface area contributed by atoms with Crippen LogP contribution in [0.15, 0.2) is 76.4 Å². The Bertz CT molecular complexity index is 1580. The SMILES string of the molecule is COc1cc(CC(=O)O)ccc1Oc1ccc2[nH]c(=O)ccc2c1NS(=O)(=O)c1ccc(Cl)cc1. The summed E-state index contributed by atoms with van der Waals surface area (Å²) in [6.07, 6.45) is -0.202. The van der Waals surface area contributed by atoms with E-state index >= 15 is 0 Å². The molecule has 3 aromatic carbocycles. The third-order valence-electron chi connectivity index (χ3n) is 5.03. The third kappa shape index (κ3) is 5.39. The van der Waals surface area contributed by atoms with Crippen molar-refractivity contribution >= 4 is 44.2 Å². The number of hydrogen-bond acceptors (Lipinski definition) is 6. The number of carboxylic acid groups (broad SMARTS) is 1. The predicted molar refractivity (Wildman–Crippen MR) is 131 cm³/mol. The van der Waals surface area contributed by atoms with Crippen molar-refractivity contribution in [1.29, 1.82) is 0 Å². The van der Waals surface area contributed by atoms with E-state index in [9.17, 15) is 18.0 Å². The number of benzene rings is 3. The Morgan fingerprint density at radius 3 is 2.40 bits per heavy atom. The van der Waals surface area contributed by atoms with Crippen LogP contribution in [-0.4, -0.2) is 31.6 Å². The monoisotopic (exact) mass is 514 g/mol. The van der Waals surface area contributed by atoms with Crippen LogP contribution in [0.5, 0.6) is 17.2 Å². The van der Waals surface area contributed by atoms with E-state index in [1.54, 1.807) is 12.1 Å². The maximum Gasteiger partial charge on any atom is 0.307 e. The smallest absolute Gasteiger partial charge is 0.307 e. The number of pyridine rings is 1. The van der Waals surface area contributed by atoms with Gasteiger partial charge >= 0.3 is 5.97 Å². The molecule has 0 aliphatic carbocycles. The second-order valence-corrected chi connectivity index (χ2v) is 9.56. The summed E-state index contributed by atoms with van der Waals surface area (Å²) in [5, 5.41) is 9.81. The number of aliphatic carboxylic acids is 1. The number of hydrogen-bond donors (Lipinski definition) is 3. The summed E-state index contributed by atoms with van der Waals surface area (Å²) < 4.78 is 40.2. The molecule has 0 spiro atoms. The molecule has 11 heteroatoms. The molecule has 180 valence electrons. The maximum absolute atomic E-state index is 13.1. The van der Waals surface area contributed by atoms with Gasteiger partial charge in [-0.1, -0.05) is 17.7 Å². The molecular formula is C24H19ClN2O7S. The Morgan fingerprint density at radius 1 is 1.00 bits per heavy atom. The van der Waals surface area contributed by atoms with Gasteiger partial charge in [-0.25, -0.2) is 8.42 Å². The summed E-state index contributed by atoms with van der Waals surface area (Å²) >= 11 is 5.88. The van der Waals surface area contributed by atoms with Gasteiger partial charge < -0.3 is 19.6 Å². The molecular weight excluding hydrogens is 496 g/mol. The lowest BCUT2D eigenvalue weighted by atomic mass is 10.1. The lowest BCUT2D eigenvalue weighted by Crippen LogP contribution is -2.14. The Hall–Kier alpha value is -4.02. The molecule has 0 unspecified atom stereocenters. The molecule has 9 nitrogen and oxygen atoms in total. The van der Waals surface area contributed by atoms with Gasteiger partial charge in [0, 0.05) is 16.5 Å².